The van der Waals surface area contributed by atoms with Crippen LogP contribution in [-0.2, 0) is 0 Å². The molecule has 0 saturated heterocycles. The Kier molecular flexibility index (Phi) is 6.35. The number of fused-ring (bicyclic) bond motifs is 6. The van der Waals surface area contributed by atoms with Crippen LogP contribution in [0.15, 0.2) is 194 Å². The van der Waals surface area contributed by atoms with Crippen LogP contribution in [-0.4, -0.2) is 0 Å². The summed E-state index contributed by atoms with van der Waals surface area (Å²) in [6, 6.07) is 71.7. The van der Waals surface area contributed by atoms with Crippen LogP contribution in [0.4, 0.5) is 0 Å². The SMILES string of the molecule is c1ccc(-c2c3c(cc4cc(-c5ccc6c(-c7ccccc7)c7ccccc7c(-c7ccccc7)c6c5)ccc24)-c2cccc4cccc-3c24)cc1. The first-order valence-corrected chi connectivity index (χ1v) is 18.1. The predicted octanol–water partition coefficient (Wildman–Crippen LogP) is 14.6. The van der Waals surface area contributed by atoms with Crippen molar-refractivity contribution in [1.82, 2.24) is 0 Å². The van der Waals surface area contributed by atoms with Crippen LogP contribution in [0.25, 0.3) is 110 Å². The maximum atomic E-state index is 2.44. The molecule has 52 heavy (non-hydrogen) atoms. The third kappa shape index (κ3) is 4.28. The van der Waals surface area contributed by atoms with Crippen molar-refractivity contribution in [3.8, 4) is 66.8 Å². The number of rotatable bonds is 4. The average molecular weight is 657 g/mol. The first-order chi connectivity index (χ1) is 25.8. The summed E-state index contributed by atoms with van der Waals surface area (Å²) in [5, 5.41) is 10.3. The minimum atomic E-state index is 1.22. The smallest absolute Gasteiger partial charge is 0.00137 e. The minimum absolute atomic E-state index is 1.22. The van der Waals surface area contributed by atoms with Gasteiger partial charge in [-0.15, -0.1) is 0 Å². The molecule has 0 heteroatoms. The van der Waals surface area contributed by atoms with Gasteiger partial charge in [-0.2, -0.15) is 0 Å². The molecule has 240 valence electrons. The second-order valence-electron chi connectivity index (χ2n) is 14.0. The van der Waals surface area contributed by atoms with Gasteiger partial charge in [-0.05, 0) is 128 Å². The van der Waals surface area contributed by atoms with E-state index in [-0.39, 0.29) is 0 Å². The Balaban J connectivity index is 1.19. The van der Waals surface area contributed by atoms with Gasteiger partial charge in [-0.3, -0.25) is 0 Å². The van der Waals surface area contributed by atoms with Gasteiger partial charge in [0.2, 0.25) is 0 Å². The topological polar surface area (TPSA) is 0 Å². The second kappa shape index (κ2) is 11.4. The molecule has 0 saturated carbocycles. The van der Waals surface area contributed by atoms with Gasteiger partial charge in [0.1, 0.15) is 0 Å². The largest absolute Gasteiger partial charge is 0.0622 e. The zero-order chi connectivity index (χ0) is 34.2. The van der Waals surface area contributed by atoms with Crippen molar-refractivity contribution in [3.63, 3.8) is 0 Å². The number of hydrogen-bond donors (Lipinski definition) is 0. The first-order valence-electron chi connectivity index (χ1n) is 18.1. The van der Waals surface area contributed by atoms with Gasteiger partial charge in [0, 0.05) is 0 Å². The molecule has 0 nitrogen and oxygen atoms in total. The zero-order valence-corrected chi connectivity index (χ0v) is 28.5. The van der Waals surface area contributed by atoms with Crippen molar-refractivity contribution in [1.29, 1.82) is 0 Å². The third-order valence-electron chi connectivity index (χ3n) is 11.1. The molecule has 11 rings (SSSR count). The van der Waals surface area contributed by atoms with E-state index in [2.05, 4.69) is 194 Å². The van der Waals surface area contributed by atoms with Gasteiger partial charge in [0.25, 0.3) is 0 Å². The minimum Gasteiger partial charge on any atom is -0.0622 e. The van der Waals surface area contributed by atoms with Gasteiger partial charge < -0.3 is 0 Å². The highest BCUT2D eigenvalue weighted by Gasteiger charge is 2.26. The predicted molar refractivity (Wildman–Crippen MR) is 223 cm³/mol. The van der Waals surface area contributed by atoms with E-state index < -0.39 is 0 Å². The molecular weight excluding hydrogens is 625 g/mol. The maximum absolute atomic E-state index is 2.44. The zero-order valence-electron chi connectivity index (χ0n) is 28.5. The lowest BCUT2D eigenvalue weighted by Gasteiger charge is -2.19. The van der Waals surface area contributed by atoms with Gasteiger partial charge >= 0.3 is 0 Å². The second-order valence-corrected chi connectivity index (χ2v) is 14.0. The van der Waals surface area contributed by atoms with E-state index in [0.717, 1.165) is 0 Å². The number of hydrogen-bond acceptors (Lipinski definition) is 0. The van der Waals surface area contributed by atoms with Crippen LogP contribution in [0.3, 0.4) is 0 Å². The Bertz CT molecular complexity index is 3020. The van der Waals surface area contributed by atoms with Crippen molar-refractivity contribution in [2.24, 2.45) is 0 Å². The average Bonchev–Trinajstić information content (AvgIpc) is 3.53. The molecule has 0 atom stereocenters. The molecule has 0 fully saturated rings. The van der Waals surface area contributed by atoms with E-state index in [9.17, 15) is 0 Å². The summed E-state index contributed by atoms with van der Waals surface area (Å²) < 4.78 is 0. The molecule has 0 heterocycles. The van der Waals surface area contributed by atoms with Crippen molar-refractivity contribution in [2.75, 3.05) is 0 Å². The highest BCUT2D eigenvalue weighted by atomic mass is 14.3. The van der Waals surface area contributed by atoms with Crippen molar-refractivity contribution < 1.29 is 0 Å². The summed E-state index contributed by atoms with van der Waals surface area (Å²) in [6.07, 6.45) is 0. The van der Waals surface area contributed by atoms with E-state index in [1.807, 2.05) is 0 Å². The van der Waals surface area contributed by atoms with E-state index in [0.29, 0.717) is 0 Å². The summed E-state index contributed by atoms with van der Waals surface area (Å²) in [7, 11) is 0. The molecule has 0 bridgehead atoms. The van der Waals surface area contributed by atoms with E-state index >= 15 is 0 Å². The molecule has 1 aliphatic carbocycles. The lowest BCUT2D eigenvalue weighted by molar-refractivity contribution is 1.63. The molecule has 1 aliphatic rings. The first kappa shape index (κ1) is 29.0. The van der Waals surface area contributed by atoms with Crippen LogP contribution >= 0.6 is 0 Å². The van der Waals surface area contributed by atoms with Crippen LogP contribution in [0, 0.1) is 0 Å². The van der Waals surface area contributed by atoms with Crippen LogP contribution in [0.1, 0.15) is 0 Å². The van der Waals surface area contributed by atoms with E-state index in [1.165, 1.54) is 110 Å². The molecule has 0 radical (unpaired) electrons. The van der Waals surface area contributed by atoms with E-state index in [1.54, 1.807) is 0 Å². The lowest BCUT2D eigenvalue weighted by atomic mass is 9.84. The fraction of sp³-hybridized carbons (Fsp3) is 0. The Morgan fingerprint density at radius 2 is 0.712 bits per heavy atom. The van der Waals surface area contributed by atoms with Crippen LogP contribution in [0.2, 0.25) is 0 Å². The quantitative estimate of drug-likeness (QED) is 0.165. The highest BCUT2D eigenvalue weighted by Crippen LogP contribution is 2.54. The Labute approximate surface area is 302 Å². The van der Waals surface area contributed by atoms with Gasteiger partial charge in [-0.1, -0.05) is 176 Å². The van der Waals surface area contributed by atoms with Crippen molar-refractivity contribution >= 4 is 43.1 Å². The summed E-state index contributed by atoms with van der Waals surface area (Å²) in [5.74, 6) is 0. The molecule has 10 aromatic rings. The summed E-state index contributed by atoms with van der Waals surface area (Å²) in [4.78, 5) is 0. The molecule has 0 amide bonds. The van der Waals surface area contributed by atoms with Gasteiger partial charge in [0.15, 0.2) is 0 Å². The molecule has 0 spiro atoms. The summed E-state index contributed by atoms with van der Waals surface area (Å²) >= 11 is 0. The van der Waals surface area contributed by atoms with E-state index in [4.69, 9.17) is 0 Å². The van der Waals surface area contributed by atoms with Crippen LogP contribution < -0.4 is 0 Å². The third-order valence-corrected chi connectivity index (χ3v) is 11.1. The Morgan fingerprint density at radius 1 is 0.212 bits per heavy atom. The standard InChI is InChI=1S/C52H32/c1-4-14-33(15-5-1)48-41-22-10-11-23-42(41)50(34-16-6-2-7-17-34)46-31-38(27-29-44(46)48)37-26-28-40-39(30-37)32-47-43-24-12-20-35-21-13-25-45(49(35)43)52(47)51(40)36-18-8-3-9-19-36/h1-32H. The Morgan fingerprint density at radius 3 is 1.35 bits per heavy atom. The van der Waals surface area contributed by atoms with Crippen molar-refractivity contribution in [2.45, 2.75) is 0 Å². The molecule has 10 aromatic carbocycles. The highest BCUT2D eigenvalue weighted by molar-refractivity contribution is 6.24. The van der Waals surface area contributed by atoms with Crippen LogP contribution in [0.5, 0.6) is 0 Å². The Hall–Kier alpha value is -6.76. The fourth-order valence-corrected chi connectivity index (χ4v) is 8.95. The maximum Gasteiger partial charge on any atom is -0.00137 e. The van der Waals surface area contributed by atoms with Crippen molar-refractivity contribution in [3.05, 3.63) is 194 Å². The summed E-state index contributed by atoms with van der Waals surface area (Å²) in [6.45, 7) is 0. The molecule has 0 unspecified atom stereocenters. The molecular formula is C52H32. The fourth-order valence-electron chi connectivity index (χ4n) is 8.95. The van der Waals surface area contributed by atoms with Gasteiger partial charge in [-0.25, -0.2) is 0 Å². The number of benzene rings is 10. The van der Waals surface area contributed by atoms with Gasteiger partial charge in [0.05, 0.1) is 0 Å². The summed E-state index contributed by atoms with van der Waals surface area (Å²) in [5.41, 5.74) is 15.3. The monoisotopic (exact) mass is 656 g/mol. The normalized spacial score (nSPS) is 11.8. The molecule has 0 aromatic heterocycles. The lowest BCUT2D eigenvalue weighted by Crippen LogP contribution is -1.92. The molecule has 0 aliphatic heterocycles. The molecule has 0 N–H and O–H groups in total.